The zero-order valence-electron chi connectivity index (χ0n) is 14.8. The smallest absolute Gasteiger partial charge is 0.252 e. The Balaban J connectivity index is 1.51. The summed E-state index contributed by atoms with van der Waals surface area (Å²) >= 11 is 6.93. The second-order valence-corrected chi connectivity index (χ2v) is 10.4. The van der Waals surface area contributed by atoms with E-state index >= 15 is 0 Å². The summed E-state index contributed by atoms with van der Waals surface area (Å²) in [6.45, 7) is 6.09. The maximum absolute atomic E-state index is 12.6. The van der Waals surface area contributed by atoms with Crippen LogP contribution in [0.3, 0.4) is 0 Å². The van der Waals surface area contributed by atoms with E-state index in [2.05, 4.69) is 6.92 Å². The van der Waals surface area contributed by atoms with E-state index in [-0.39, 0.29) is 16.2 Å². The highest BCUT2D eigenvalue weighted by atomic mass is 35.5. The molecular formula is C16H24ClN3O4S2. The number of thiophene rings is 1. The lowest BCUT2D eigenvalue weighted by Gasteiger charge is -2.36. The van der Waals surface area contributed by atoms with Crippen LogP contribution in [0.15, 0.2) is 16.3 Å². The van der Waals surface area contributed by atoms with Crippen LogP contribution in [-0.4, -0.2) is 87.0 Å². The minimum Gasteiger partial charge on any atom is -0.375 e. The molecule has 2 aliphatic rings. The number of hydrogen-bond acceptors (Lipinski definition) is 6. The second kappa shape index (κ2) is 8.53. The lowest BCUT2D eigenvalue weighted by atomic mass is 10.2. The minimum atomic E-state index is -3.50. The number of morpholine rings is 1. The van der Waals surface area contributed by atoms with Gasteiger partial charge in [0.25, 0.3) is 10.0 Å². The van der Waals surface area contributed by atoms with Crippen LogP contribution < -0.4 is 0 Å². The molecule has 0 aliphatic carbocycles. The Kier molecular flexibility index (Phi) is 6.58. The zero-order chi connectivity index (χ0) is 18.7. The topological polar surface area (TPSA) is 70.2 Å². The first-order valence-electron chi connectivity index (χ1n) is 8.77. The summed E-state index contributed by atoms with van der Waals surface area (Å²) in [6.07, 6.45) is 1.01. The van der Waals surface area contributed by atoms with Crippen molar-refractivity contribution in [3.05, 3.63) is 16.5 Å². The fraction of sp³-hybridized carbons (Fsp3) is 0.688. The van der Waals surface area contributed by atoms with Gasteiger partial charge in [-0.05, 0) is 18.6 Å². The Morgan fingerprint density at radius 3 is 2.62 bits per heavy atom. The summed E-state index contributed by atoms with van der Waals surface area (Å²) in [5, 5.41) is 0. The quantitative estimate of drug-likeness (QED) is 0.717. The van der Waals surface area contributed by atoms with Gasteiger partial charge in [0, 0.05) is 39.3 Å². The van der Waals surface area contributed by atoms with E-state index in [4.69, 9.17) is 16.3 Å². The molecule has 2 aliphatic heterocycles. The van der Waals surface area contributed by atoms with Gasteiger partial charge in [0.15, 0.2) is 0 Å². The van der Waals surface area contributed by atoms with Crippen LogP contribution in [0.5, 0.6) is 0 Å². The van der Waals surface area contributed by atoms with Gasteiger partial charge in [-0.1, -0.05) is 18.5 Å². The second-order valence-electron chi connectivity index (χ2n) is 6.48. The number of amides is 1. The Labute approximate surface area is 163 Å². The number of carbonyl (C=O) groups excluding carboxylic acids is 1. The number of piperazine rings is 1. The van der Waals surface area contributed by atoms with Gasteiger partial charge in [0.05, 0.1) is 23.6 Å². The summed E-state index contributed by atoms with van der Waals surface area (Å²) in [5.41, 5.74) is 0. The molecule has 10 heteroatoms. The largest absolute Gasteiger partial charge is 0.375 e. The van der Waals surface area contributed by atoms with Gasteiger partial charge in [-0.15, -0.1) is 11.3 Å². The van der Waals surface area contributed by atoms with E-state index in [0.717, 1.165) is 17.8 Å². The predicted molar refractivity (Wildman–Crippen MR) is 101 cm³/mol. The molecule has 3 heterocycles. The first kappa shape index (κ1) is 20.0. The first-order valence-corrected chi connectivity index (χ1v) is 11.4. The number of halogens is 1. The summed E-state index contributed by atoms with van der Waals surface area (Å²) in [6, 6.07) is 3.14. The van der Waals surface area contributed by atoms with Gasteiger partial charge < -0.3 is 9.64 Å². The maximum Gasteiger partial charge on any atom is 0.252 e. The van der Waals surface area contributed by atoms with Crippen LogP contribution in [0.25, 0.3) is 0 Å². The normalized spacial score (nSPS) is 23.3. The molecule has 1 amide bonds. The predicted octanol–water partition coefficient (Wildman–Crippen LogP) is 1.35. The molecule has 0 saturated carbocycles. The summed E-state index contributed by atoms with van der Waals surface area (Å²) in [5.74, 6) is 0.0908. The van der Waals surface area contributed by atoms with Crippen LogP contribution in [0.2, 0.25) is 4.34 Å². The van der Waals surface area contributed by atoms with Gasteiger partial charge in [0.2, 0.25) is 5.91 Å². The SMILES string of the molecule is CCC1CN(C(=O)CN2CCN(S(=O)(=O)c3ccc(Cl)s3)CC2)CCO1. The van der Waals surface area contributed by atoms with Gasteiger partial charge >= 0.3 is 0 Å². The van der Waals surface area contributed by atoms with Crippen LogP contribution in [0, 0.1) is 0 Å². The van der Waals surface area contributed by atoms with E-state index in [1.54, 1.807) is 12.1 Å². The number of rotatable bonds is 5. The third kappa shape index (κ3) is 4.58. The molecule has 1 aromatic rings. The highest BCUT2D eigenvalue weighted by molar-refractivity contribution is 7.91. The highest BCUT2D eigenvalue weighted by Gasteiger charge is 2.31. The maximum atomic E-state index is 12.6. The van der Waals surface area contributed by atoms with Crippen molar-refractivity contribution in [2.24, 2.45) is 0 Å². The molecule has 0 aromatic carbocycles. The number of carbonyl (C=O) groups is 1. The number of ether oxygens (including phenoxy) is 1. The van der Waals surface area contributed by atoms with Crippen molar-refractivity contribution in [2.75, 3.05) is 52.4 Å². The van der Waals surface area contributed by atoms with Crippen molar-refractivity contribution < 1.29 is 17.9 Å². The molecule has 146 valence electrons. The fourth-order valence-corrected chi connectivity index (χ4v) is 6.23. The molecule has 2 saturated heterocycles. The summed E-state index contributed by atoms with van der Waals surface area (Å²) < 4.78 is 33.0. The zero-order valence-corrected chi connectivity index (χ0v) is 17.2. The first-order chi connectivity index (χ1) is 12.4. The highest BCUT2D eigenvalue weighted by Crippen LogP contribution is 2.28. The van der Waals surface area contributed by atoms with Crippen molar-refractivity contribution >= 4 is 38.9 Å². The lowest BCUT2D eigenvalue weighted by molar-refractivity contribution is -0.140. The molecule has 0 spiro atoms. The van der Waals surface area contributed by atoms with Gasteiger partial charge in [-0.25, -0.2) is 8.42 Å². The molecule has 0 N–H and O–H groups in total. The van der Waals surface area contributed by atoms with Crippen molar-refractivity contribution in [3.63, 3.8) is 0 Å². The number of sulfonamides is 1. The van der Waals surface area contributed by atoms with Gasteiger partial charge in [0.1, 0.15) is 4.21 Å². The van der Waals surface area contributed by atoms with Crippen molar-refractivity contribution in [1.29, 1.82) is 0 Å². The lowest BCUT2D eigenvalue weighted by Crippen LogP contribution is -2.53. The van der Waals surface area contributed by atoms with E-state index in [1.807, 2.05) is 9.80 Å². The molecule has 26 heavy (non-hydrogen) atoms. The average Bonchev–Trinajstić information content (AvgIpc) is 3.09. The average molecular weight is 422 g/mol. The Morgan fingerprint density at radius 1 is 1.27 bits per heavy atom. The Morgan fingerprint density at radius 2 is 2.00 bits per heavy atom. The molecule has 0 radical (unpaired) electrons. The number of hydrogen-bond donors (Lipinski definition) is 0. The molecule has 2 fully saturated rings. The number of nitrogens with zero attached hydrogens (tertiary/aromatic N) is 3. The summed E-state index contributed by atoms with van der Waals surface area (Å²) in [7, 11) is -3.50. The van der Waals surface area contributed by atoms with Crippen LogP contribution in [0.1, 0.15) is 13.3 Å². The van der Waals surface area contributed by atoms with Crippen molar-refractivity contribution in [3.8, 4) is 0 Å². The van der Waals surface area contributed by atoms with Crippen LogP contribution >= 0.6 is 22.9 Å². The Hall–Kier alpha value is -0.710. The molecule has 1 atom stereocenters. The van der Waals surface area contributed by atoms with Gasteiger partial charge in [-0.2, -0.15) is 4.31 Å². The minimum absolute atomic E-state index is 0.0908. The summed E-state index contributed by atoms with van der Waals surface area (Å²) in [4.78, 5) is 16.4. The molecular weight excluding hydrogens is 398 g/mol. The van der Waals surface area contributed by atoms with E-state index in [0.29, 0.717) is 56.8 Å². The fourth-order valence-electron chi connectivity index (χ4n) is 3.18. The monoisotopic (exact) mass is 421 g/mol. The van der Waals surface area contributed by atoms with Crippen LogP contribution in [-0.2, 0) is 19.6 Å². The molecule has 1 unspecified atom stereocenters. The van der Waals surface area contributed by atoms with E-state index < -0.39 is 10.0 Å². The third-order valence-corrected chi connectivity index (χ3v) is 8.38. The molecule has 7 nitrogen and oxygen atoms in total. The molecule has 0 bridgehead atoms. The Bertz CT molecular complexity index is 732. The van der Waals surface area contributed by atoms with E-state index in [1.165, 1.54) is 4.31 Å². The standard InChI is InChI=1S/C16H24ClN3O4S2/c1-2-13-11-19(9-10-24-13)15(21)12-18-5-7-20(8-6-18)26(22,23)16-4-3-14(17)25-16/h3-4,13H,2,5-12H2,1H3. The van der Waals surface area contributed by atoms with Crippen molar-refractivity contribution in [2.45, 2.75) is 23.7 Å². The van der Waals surface area contributed by atoms with Crippen LogP contribution in [0.4, 0.5) is 0 Å². The molecule has 3 rings (SSSR count). The third-order valence-electron chi connectivity index (χ3n) is 4.78. The molecule has 1 aromatic heterocycles. The van der Waals surface area contributed by atoms with Crippen molar-refractivity contribution in [1.82, 2.24) is 14.1 Å². The van der Waals surface area contributed by atoms with Gasteiger partial charge in [-0.3, -0.25) is 9.69 Å². The van der Waals surface area contributed by atoms with E-state index in [9.17, 15) is 13.2 Å².